The number of carbonyl (C=O) groups excluding carboxylic acids is 1. The molecule has 0 bridgehead atoms. The molecule has 0 aliphatic carbocycles. The number of amides is 1. The van der Waals surface area contributed by atoms with Crippen LogP contribution in [0.5, 0.6) is 0 Å². The smallest absolute Gasteiger partial charge is 0.264 e. The number of benzene rings is 1. The van der Waals surface area contributed by atoms with Gasteiger partial charge in [0.05, 0.1) is 18.7 Å². The SMILES string of the molecule is CN(Cc1cccc(Cl)c1Cl)C(=O)c1cc(Br)c(Br)s1. The van der Waals surface area contributed by atoms with E-state index in [1.807, 2.05) is 12.1 Å². The number of halogens is 4. The van der Waals surface area contributed by atoms with E-state index in [0.717, 1.165) is 13.8 Å². The molecule has 1 aromatic heterocycles. The van der Waals surface area contributed by atoms with Crippen molar-refractivity contribution in [3.63, 3.8) is 0 Å². The fourth-order valence-corrected chi connectivity index (χ4v) is 4.05. The van der Waals surface area contributed by atoms with Gasteiger partial charge in [0, 0.05) is 18.1 Å². The van der Waals surface area contributed by atoms with E-state index in [4.69, 9.17) is 23.2 Å². The van der Waals surface area contributed by atoms with Gasteiger partial charge in [0.1, 0.15) is 0 Å². The summed E-state index contributed by atoms with van der Waals surface area (Å²) in [6.45, 7) is 0.408. The molecule has 106 valence electrons. The first-order valence-electron chi connectivity index (χ1n) is 5.53. The first kappa shape index (κ1) is 16.3. The van der Waals surface area contributed by atoms with E-state index in [1.165, 1.54) is 11.3 Å². The van der Waals surface area contributed by atoms with E-state index in [-0.39, 0.29) is 5.91 Å². The van der Waals surface area contributed by atoms with Crippen molar-refractivity contribution in [2.24, 2.45) is 0 Å². The van der Waals surface area contributed by atoms with E-state index in [1.54, 1.807) is 24.1 Å². The van der Waals surface area contributed by atoms with Crippen LogP contribution < -0.4 is 0 Å². The monoisotopic (exact) mass is 455 g/mol. The zero-order valence-electron chi connectivity index (χ0n) is 10.3. The van der Waals surface area contributed by atoms with Crippen LogP contribution in [-0.4, -0.2) is 17.9 Å². The van der Waals surface area contributed by atoms with Crippen molar-refractivity contribution in [1.82, 2.24) is 4.90 Å². The van der Waals surface area contributed by atoms with Gasteiger partial charge < -0.3 is 4.90 Å². The number of nitrogens with zero attached hydrogens (tertiary/aromatic N) is 1. The van der Waals surface area contributed by atoms with Gasteiger partial charge in [0.25, 0.3) is 5.91 Å². The van der Waals surface area contributed by atoms with Gasteiger partial charge in [-0.15, -0.1) is 11.3 Å². The third-order valence-corrected chi connectivity index (χ3v) is 6.74. The Morgan fingerprint density at radius 1 is 1.35 bits per heavy atom. The lowest BCUT2D eigenvalue weighted by atomic mass is 10.2. The molecule has 0 saturated heterocycles. The molecular weight excluding hydrogens is 449 g/mol. The highest BCUT2D eigenvalue weighted by Crippen LogP contribution is 2.33. The van der Waals surface area contributed by atoms with Crippen LogP contribution in [0.3, 0.4) is 0 Å². The Hall–Kier alpha value is -0.0700. The molecule has 0 N–H and O–H groups in total. The zero-order valence-corrected chi connectivity index (χ0v) is 15.8. The van der Waals surface area contributed by atoms with Crippen LogP contribution in [0.4, 0.5) is 0 Å². The first-order chi connectivity index (χ1) is 9.40. The van der Waals surface area contributed by atoms with E-state index >= 15 is 0 Å². The summed E-state index contributed by atoms with van der Waals surface area (Å²) >= 11 is 20.3. The van der Waals surface area contributed by atoms with Gasteiger partial charge in [-0.05, 0) is 49.6 Å². The summed E-state index contributed by atoms with van der Waals surface area (Å²) in [4.78, 5) is 14.6. The number of carbonyl (C=O) groups is 1. The van der Waals surface area contributed by atoms with Crippen LogP contribution in [0, 0.1) is 0 Å². The minimum atomic E-state index is -0.0579. The summed E-state index contributed by atoms with van der Waals surface area (Å²) in [5.41, 5.74) is 0.824. The number of hydrogen-bond donors (Lipinski definition) is 0. The Labute approximate surface area is 147 Å². The molecule has 0 aliphatic rings. The highest BCUT2D eigenvalue weighted by atomic mass is 79.9. The number of thiophene rings is 1. The normalized spacial score (nSPS) is 10.7. The van der Waals surface area contributed by atoms with E-state index in [9.17, 15) is 4.79 Å². The number of hydrogen-bond acceptors (Lipinski definition) is 2. The standard InChI is InChI=1S/C13H9Br2Cl2NOS/c1-18(6-7-3-2-4-9(16)11(7)17)13(19)10-5-8(14)12(15)20-10/h2-5H,6H2,1H3. The average Bonchev–Trinajstić information content (AvgIpc) is 2.74. The fraction of sp³-hybridized carbons (Fsp3) is 0.154. The van der Waals surface area contributed by atoms with Crippen LogP contribution in [0.15, 0.2) is 32.5 Å². The third kappa shape index (κ3) is 3.57. The maximum atomic E-state index is 12.3. The molecule has 0 aliphatic heterocycles. The molecule has 0 unspecified atom stereocenters. The van der Waals surface area contributed by atoms with E-state index in [0.29, 0.717) is 21.5 Å². The minimum absolute atomic E-state index is 0.0579. The van der Waals surface area contributed by atoms with Gasteiger partial charge in [-0.1, -0.05) is 35.3 Å². The second-order valence-corrected chi connectivity index (χ2v) is 8.12. The highest BCUT2D eigenvalue weighted by molar-refractivity contribution is 9.13. The van der Waals surface area contributed by atoms with Crippen LogP contribution in [-0.2, 0) is 6.54 Å². The van der Waals surface area contributed by atoms with Crippen LogP contribution in [0.2, 0.25) is 10.0 Å². The lowest BCUT2D eigenvalue weighted by Crippen LogP contribution is -2.25. The van der Waals surface area contributed by atoms with Crippen molar-refractivity contribution in [2.45, 2.75) is 6.54 Å². The summed E-state index contributed by atoms with van der Waals surface area (Å²) in [5, 5.41) is 0.981. The van der Waals surface area contributed by atoms with Gasteiger partial charge in [0.2, 0.25) is 0 Å². The van der Waals surface area contributed by atoms with Crippen LogP contribution in [0.1, 0.15) is 15.2 Å². The summed E-state index contributed by atoms with van der Waals surface area (Å²) in [6, 6.07) is 7.20. The van der Waals surface area contributed by atoms with Crippen molar-refractivity contribution < 1.29 is 4.79 Å². The maximum absolute atomic E-state index is 12.3. The summed E-state index contributed by atoms with van der Waals surface area (Å²) in [6.07, 6.45) is 0. The molecular formula is C13H9Br2Cl2NOS. The van der Waals surface area contributed by atoms with Gasteiger partial charge in [0.15, 0.2) is 0 Å². The quantitative estimate of drug-likeness (QED) is 0.566. The fourth-order valence-electron chi connectivity index (χ4n) is 1.64. The second kappa shape index (κ2) is 6.79. The Morgan fingerprint density at radius 3 is 2.65 bits per heavy atom. The Balaban J connectivity index is 2.17. The summed E-state index contributed by atoms with van der Waals surface area (Å²) in [5.74, 6) is -0.0579. The van der Waals surface area contributed by atoms with Crippen LogP contribution >= 0.6 is 66.4 Å². The van der Waals surface area contributed by atoms with Crippen molar-refractivity contribution in [1.29, 1.82) is 0 Å². The topological polar surface area (TPSA) is 20.3 Å². The number of rotatable bonds is 3. The average molecular weight is 458 g/mol. The van der Waals surface area contributed by atoms with Crippen molar-refractivity contribution >= 4 is 72.3 Å². The lowest BCUT2D eigenvalue weighted by Gasteiger charge is -2.17. The molecule has 2 nitrogen and oxygen atoms in total. The Bertz CT molecular complexity index is 640. The molecule has 2 rings (SSSR count). The largest absolute Gasteiger partial charge is 0.337 e. The molecule has 20 heavy (non-hydrogen) atoms. The molecule has 0 saturated carbocycles. The first-order valence-corrected chi connectivity index (χ1v) is 8.69. The molecule has 0 spiro atoms. The predicted molar refractivity (Wildman–Crippen MR) is 92.0 cm³/mol. The molecule has 0 radical (unpaired) electrons. The maximum Gasteiger partial charge on any atom is 0.264 e. The molecule has 0 fully saturated rings. The minimum Gasteiger partial charge on any atom is -0.337 e. The second-order valence-electron chi connectivity index (χ2n) is 4.11. The zero-order chi connectivity index (χ0) is 14.9. The van der Waals surface area contributed by atoms with Gasteiger partial charge >= 0.3 is 0 Å². The van der Waals surface area contributed by atoms with E-state index in [2.05, 4.69) is 31.9 Å². The van der Waals surface area contributed by atoms with Crippen LogP contribution in [0.25, 0.3) is 0 Å². The molecule has 1 heterocycles. The molecule has 0 atom stereocenters. The molecule has 2 aromatic rings. The highest BCUT2D eigenvalue weighted by Gasteiger charge is 2.17. The predicted octanol–water partition coefficient (Wildman–Crippen LogP) is 5.85. The van der Waals surface area contributed by atoms with Gasteiger partial charge in [-0.3, -0.25) is 4.79 Å². The van der Waals surface area contributed by atoms with Crippen molar-refractivity contribution in [3.8, 4) is 0 Å². The molecule has 1 aromatic carbocycles. The Morgan fingerprint density at radius 2 is 2.05 bits per heavy atom. The van der Waals surface area contributed by atoms with Gasteiger partial charge in [-0.25, -0.2) is 0 Å². The molecule has 7 heteroatoms. The Kier molecular flexibility index (Phi) is 5.54. The molecule has 1 amide bonds. The summed E-state index contributed by atoms with van der Waals surface area (Å²) in [7, 11) is 1.74. The van der Waals surface area contributed by atoms with Crippen molar-refractivity contribution in [3.05, 3.63) is 53.0 Å². The third-order valence-electron chi connectivity index (χ3n) is 2.64. The van der Waals surface area contributed by atoms with Crippen molar-refractivity contribution in [2.75, 3.05) is 7.05 Å². The lowest BCUT2D eigenvalue weighted by molar-refractivity contribution is 0.0790. The summed E-state index contributed by atoms with van der Waals surface area (Å²) < 4.78 is 1.77. The van der Waals surface area contributed by atoms with Gasteiger partial charge in [-0.2, -0.15) is 0 Å². The van der Waals surface area contributed by atoms with E-state index < -0.39 is 0 Å².